The maximum absolute atomic E-state index is 13.4. The highest BCUT2D eigenvalue weighted by Crippen LogP contribution is 2.18. The molecule has 1 atom stereocenters. The largest absolute Gasteiger partial charge is 0.313 e. The first-order chi connectivity index (χ1) is 9.01. The highest BCUT2D eigenvalue weighted by molar-refractivity contribution is 9.10. The Labute approximate surface area is 128 Å². The van der Waals surface area contributed by atoms with Crippen LogP contribution in [-0.4, -0.2) is 23.6 Å². The summed E-state index contributed by atoms with van der Waals surface area (Å²) < 4.78 is 14.2. The van der Waals surface area contributed by atoms with Crippen LogP contribution >= 0.6 is 27.7 Å². The lowest BCUT2D eigenvalue weighted by Gasteiger charge is -2.19. The monoisotopic (exact) mass is 347 g/mol. The fourth-order valence-corrected chi connectivity index (χ4v) is 3.23. The highest BCUT2D eigenvalue weighted by atomic mass is 79.9. The first-order valence-electron chi connectivity index (χ1n) is 6.81. The molecule has 0 radical (unpaired) electrons. The topological polar surface area (TPSA) is 12.0 Å². The van der Waals surface area contributed by atoms with Gasteiger partial charge in [-0.25, -0.2) is 4.39 Å². The van der Waals surface area contributed by atoms with Crippen LogP contribution in [0.15, 0.2) is 22.7 Å². The van der Waals surface area contributed by atoms with Crippen molar-refractivity contribution >= 4 is 27.7 Å². The number of thioether (sulfide) groups is 1. The van der Waals surface area contributed by atoms with E-state index in [4.69, 9.17) is 0 Å². The van der Waals surface area contributed by atoms with Gasteiger partial charge < -0.3 is 5.32 Å². The Morgan fingerprint density at radius 1 is 1.32 bits per heavy atom. The van der Waals surface area contributed by atoms with Gasteiger partial charge in [-0.15, -0.1) is 0 Å². The van der Waals surface area contributed by atoms with Gasteiger partial charge in [0, 0.05) is 16.3 Å². The highest BCUT2D eigenvalue weighted by Gasteiger charge is 2.11. The smallest absolute Gasteiger partial charge is 0.124 e. The molecule has 0 fully saturated rings. The summed E-state index contributed by atoms with van der Waals surface area (Å²) in [5.41, 5.74) is 1.05. The summed E-state index contributed by atoms with van der Waals surface area (Å²) in [6.07, 6.45) is 1.99. The number of rotatable bonds is 8. The lowest BCUT2D eigenvalue weighted by molar-refractivity contribution is 0.547. The molecule has 0 aliphatic carbocycles. The van der Waals surface area contributed by atoms with E-state index in [0.29, 0.717) is 11.3 Å². The first-order valence-corrected chi connectivity index (χ1v) is 8.65. The predicted molar refractivity (Wildman–Crippen MR) is 87.5 cm³/mol. The molecule has 1 rings (SSSR count). The van der Waals surface area contributed by atoms with Gasteiger partial charge >= 0.3 is 0 Å². The van der Waals surface area contributed by atoms with E-state index in [9.17, 15) is 4.39 Å². The number of benzene rings is 1. The van der Waals surface area contributed by atoms with E-state index in [1.165, 1.54) is 6.07 Å². The second-order valence-corrected chi connectivity index (χ2v) is 7.54. The SMILES string of the molecule is CCCNC(CSC(C)C)Cc1cc(F)cc(Br)c1. The van der Waals surface area contributed by atoms with Crippen molar-refractivity contribution in [2.75, 3.05) is 12.3 Å². The Balaban J connectivity index is 2.63. The zero-order valence-corrected chi connectivity index (χ0v) is 14.3. The van der Waals surface area contributed by atoms with Crippen molar-refractivity contribution in [2.45, 2.75) is 44.9 Å². The number of halogens is 2. The van der Waals surface area contributed by atoms with E-state index in [0.717, 1.165) is 35.2 Å². The summed E-state index contributed by atoms with van der Waals surface area (Å²) in [5, 5.41) is 4.18. The number of hydrogen-bond donors (Lipinski definition) is 1. The van der Waals surface area contributed by atoms with Crippen molar-refractivity contribution in [2.24, 2.45) is 0 Å². The third kappa shape index (κ3) is 7.33. The van der Waals surface area contributed by atoms with Crippen LogP contribution in [0.4, 0.5) is 4.39 Å². The minimum Gasteiger partial charge on any atom is -0.313 e. The fraction of sp³-hybridized carbons (Fsp3) is 0.600. The Morgan fingerprint density at radius 3 is 2.63 bits per heavy atom. The van der Waals surface area contributed by atoms with Crippen molar-refractivity contribution in [1.82, 2.24) is 5.32 Å². The standard InChI is InChI=1S/C15H23BrFNS/c1-4-5-18-15(10-19-11(2)3)8-12-6-13(16)9-14(17)7-12/h6-7,9,11,15,18H,4-5,8,10H2,1-3H3. The molecule has 0 aliphatic rings. The molecule has 0 aliphatic heterocycles. The van der Waals surface area contributed by atoms with Crippen LogP contribution in [0.2, 0.25) is 0 Å². The van der Waals surface area contributed by atoms with Crippen molar-refractivity contribution in [3.05, 3.63) is 34.1 Å². The second kappa shape index (κ2) is 8.98. The van der Waals surface area contributed by atoms with E-state index in [-0.39, 0.29) is 5.82 Å². The van der Waals surface area contributed by atoms with Crippen LogP contribution in [-0.2, 0) is 6.42 Å². The average molecular weight is 348 g/mol. The average Bonchev–Trinajstić information content (AvgIpc) is 2.31. The van der Waals surface area contributed by atoms with Gasteiger partial charge in [0.1, 0.15) is 5.82 Å². The number of hydrogen-bond acceptors (Lipinski definition) is 2. The van der Waals surface area contributed by atoms with Gasteiger partial charge in [0.15, 0.2) is 0 Å². The Hall–Kier alpha value is -0.0600. The van der Waals surface area contributed by atoms with Gasteiger partial charge in [0.2, 0.25) is 0 Å². The van der Waals surface area contributed by atoms with Crippen LogP contribution in [0.25, 0.3) is 0 Å². The molecule has 1 aromatic carbocycles. The maximum Gasteiger partial charge on any atom is 0.124 e. The minimum absolute atomic E-state index is 0.171. The molecule has 0 amide bonds. The number of nitrogens with one attached hydrogen (secondary N) is 1. The molecule has 0 aromatic heterocycles. The fourth-order valence-electron chi connectivity index (χ4n) is 1.86. The van der Waals surface area contributed by atoms with E-state index in [1.54, 1.807) is 6.07 Å². The normalized spacial score (nSPS) is 12.9. The third-order valence-corrected chi connectivity index (χ3v) is 4.44. The van der Waals surface area contributed by atoms with Crippen LogP contribution in [0.3, 0.4) is 0 Å². The maximum atomic E-state index is 13.4. The molecule has 1 aromatic rings. The third-order valence-electron chi connectivity index (χ3n) is 2.72. The van der Waals surface area contributed by atoms with Gasteiger partial charge in [-0.1, -0.05) is 36.7 Å². The molecular weight excluding hydrogens is 325 g/mol. The molecule has 0 bridgehead atoms. The van der Waals surface area contributed by atoms with Crippen LogP contribution in [0, 0.1) is 5.82 Å². The summed E-state index contributed by atoms with van der Waals surface area (Å²) in [5.74, 6) is 0.890. The van der Waals surface area contributed by atoms with Gasteiger partial charge in [0.05, 0.1) is 0 Å². The van der Waals surface area contributed by atoms with E-state index >= 15 is 0 Å². The second-order valence-electron chi connectivity index (χ2n) is 5.01. The van der Waals surface area contributed by atoms with Crippen LogP contribution < -0.4 is 5.32 Å². The quantitative estimate of drug-likeness (QED) is 0.734. The van der Waals surface area contributed by atoms with Crippen molar-refractivity contribution in [3.8, 4) is 0 Å². The molecule has 0 heterocycles. The van der Waals surface area contributed by atoms with Gasteiger partial charge in [-0.3, -0.25) is 0 Å². The summed E-state index contributed by atoms with van der Waals surface area (Å²) in [6, 6.07) is 5.54. The molecule has 19 heavy (non-hydrogen) atoms. The Morgan fingerprint density at radius 2 is 2.05 bits per heavy atom. The lowest BCUT2D eigenvalue weighted by Crippen LogP contribution is -2.34. The van der Waals surface area contributed by atoms with E-state index in [2.05, 4.69) is 42.0 Å². The molecule has 0 spiro atoms. The zero-order chi connectivity index (χ0) is 14.3. The van der Waals surface area contributed by atoms with Crippen molar-refractivity contribution < 1.29 is 4.39 Å². The molecule has 0 saturated heterocycles. The minimum atomic E-state index is -0.171. The summed E-state index contributed by atoms with van der Waals surface area (Å²) >= 11 is 5.30. The summed E-state index contributed by atoms with van der Waals surface area (Å²) in [6.45, 7) is 7.60. The molecule has 1 N–H and O–H groups in total. The summed E-state index contributed by atoms with van der Waals surface area (Å²) in [4.78, 5) is 0. The molecule has 4 heteroatoms. The van der Waals surface area contributed by atoms with Gasteiger partial charge in [-0.2, -0.15) is 11.8 Å². The van der Waals surface area contributed by atoms with E-state index in [1.807, 2.05) is 17.8 Å². The molecule has 0 saturated carbocycles. The van der Waals surface area contributed by atoms with Crippen LogP contribution in [0.5, 0.6) is 0 Å². The molecule has 1 unspecified atom stereocenters. The summed E-state index contributed by atoms with van der Waals surface area (Å²) in [7, 11) is 0. The first kappa shape index (κ1) is 17.0. The van der Waals surface area contributed by atoms with Gasteiger partial charge in [-0.05, 0) is 48.4 Å². The van der Waals surface area contributed by atoms with Crippen LogP contribution in [0.1, 0.15) is 32.8 Å². The molecule has 108 valence electrons. The Bertz CT molecular complexity index is 364. The lowest BCUT2D eigenvalue weighted by atomic mass is 10.1. The molecular formula is C15H23BrFNS. The van der Waals surface area contributed by atoms with E-state index < -0.39 is 0 Å². The van der Waals surface area contributed by atoms with Gasteiger partial charge in [0.25, 0.3) is 0 Å². The zero-order valence-electron chi connectivity index (χ0n) is 11.9. The Kier molecular flexibility index (Phi) is 8.03. The van der Waals surface area contributed by atoms with Crippen molar-refractivity contribution in [1.29, 1.82) is 0 Å². The predicted octanol–water partition coefficient (Wildman–Crippen LogP) is 4.64. The van der Waals surface area contributed by atoms with Crippen molar-refractivity contribution in [3.63, 3.8) is 0 Å². The molecule has 1 nitrogen and oxygen atoms in total.